The van der Waals surface area contributed by atoms with Crippen LogP contribution in [0.25, 0.3) is 0 Å². The molecule has 1 aromatic heterocycles. The van der Waals surface area contributed by atoms with Crippen LogP contribution in [0.5, 0.6) is 0 Å². The number of hydrogen-bond donors (Lipinski definition) is 1. The van der Waals surface area contributed by atoms with E-state index in [-0.39, 0.29) is 11.0 Å². The molecule has 18 heavy (non-hydrogen) atoms. The minimum absolute atomic E-state index is 0.241. The number of anilines is 1. The zero-order valence-corrected chi connectivity index (χ0v) is 9.56. The Balaban J connectivity index is 2.00. The first kappa shape index (κ1) is 10.8. The maximum atomic E-state index is 11.2. The van der Waals surface area contributed by atoms with Crippen LogP contribution in [0.1, 0.15) is 11.6 Å². The summed E-state index contributed by atoms with van der Waals surface area (Å²) in [7, 11) is 0. The molecule has 3 rings (SSSR count). The average molecular weight is 244 g/mol. The molecule has 92 valence electrons. The van der Waals surface area contributed by atoms with Crippen LogP contribution in [0.3, 0.4) is 0 Å². The number of nitrogens with zero attached hydrogens (tertiary/aromatic N) is 3. The summed E-state index contributed by atoms with van der Waals surface area (Å²) in [5.41, 5.74) is 0.923. The Kier molecular flexibility index (Phi) is 2.47. The Morgan fingerprint density at radius 3 is 2.83 bits per heavy atom. The van der Waals surface area contributed by atoms with Gasteiger partial charge in [0.15, 0.2) is 0 Å². The van der Waals surface area contributed by atoms with Crippen molar-refractivity contribution in [2.24, 2.45) is 0 Å². The SMILES string of the molecule is O=[N+]([O-])C1Cn2nccc2NC1c1ccccc1. The first-order valence-corrected chi connectivity index (χ1v) is 5.72. The summed E-state index contributed by atoms with van der Waals surface area (Å²) in [5, 5.41) is 18.4. The van der Waals surface area contributed by atoms with E-state index in [1.165, 1.54) is 0 Å². The molecule has 6 nitrogen and oxygen atoms in total. The normalized spacial score (nSPS) is 22.0. The topological polar surface area (TPSA) is 73.0 Å². The molecule has 1 N–H and O–H groups in total. The molecule has 2 heterocycles. The lowest BCUT2D eigenvalue weighted by atomic mass is 9.98. The minimum Gasteiger partial charge on any atom is -0.357 e. The molecule has 0 fully saturated rings. The summed E-state index contributed by atoms with van der Waals surface area (Å²) in [6.45, 7) is 0.294. The van der Waals surface area contributed by atoms with E-state index >= 15 is 0 Å². The largest absolute Gasteiger partial charge is 0.357 e. The number of nitro groups is 1. The predicted molar refractivity (Wildman–Crippen MR) is 65.8 cm³/mol. The fourth-order valence-corrected chi connectivity index (χ4v) is 2.29. The van der Waals surface area contributed by atoms with Gasteiger partial charge in [-0.15, -0.1) is 0 Å². The van der Waals surface area contributed by atoms with Gasteiger partial charge in [0.2, 0.25) is 0 Å². The molecule has 2 unspecified atom stereocenters. The van der Waals surface area contributed by atoms with E-state index in [0.717, 1.165) is 11.4 Å². The Morgan fingerprint density at radius 2 is 2.11 bits per heavy atom. The van der Waals surface area contributed by atoms with E-state index in [1.54, 1.807) is 10.9 Å². The standard InChI is InChI=1S/C12H12N4O2/c17-16(18)10-8-15-11(6-7-13-15)14-12(10)9-4-2-1-3-5-9/h1-7,10,12,14H,8H2. The lowest BCUT2D eigenvalue weighted by molar-refractivity contribution is -0.529. The molecule has 0 amide bonds. The molecular formula is C12H12N4O2. The summed E-state index contributed by atoms with van der Waals surface area (Å²) in [6, 6.07) is 10.3. The Labute approximate surface area is 103 Å². The van der Waals surface area contributed by atoms with Crippen molar-refractivity contribution in [1.82, 2.24) is 9.78 Å². The van der Waals surface area contributed by atoms with E-state index in [4.69, 9.17) is 0 Å². The van der Waals surface area contributed by atoms with Gasteiger partial charge >= 0.3 is 0 Å². The van der Waals surface area contributed by atoms with Crippen molar-refractivity contribution in [3.8, 4) is 0 Å². The van der Waals surface area contributed by atoms with Crippen molar-refractivity contribution in [3.63, 3.8) is 0 Å². The van der Waals surface area contributed by atoms with Crippen molar-refractivity contribution < 1.29 is 4.92 Å². The second-order valence-corrected chi connectivity index (χ2v) is 4.28. The van der Waals surface area contributed by atoms with Gasteiger partial charge in [-0.2, -0.15) is 5.10 Å². The second-order valence-electron chi connectivity index (χ2n) is 4.28. The maximum absolute atomic E-state index is 11.2. The third kappa shape index (κ3) is 1.71. The summed E-state index contributed by atoms with van der Waals surface area (Å²) < 4.78 is 1.63. The van der Waals surface area contributed by atoms with Gasteiger partial charge in [-0.3, -0.25) is 10.1 Å². The number of fused-ring (bicyclic) bond motifs is 1. The molecule has 1 aliphatic heterocycles. The third-order valence-electron chi connectivity index (χ3n) is 3.19. The highest BCUT2D eigenvalue weighted by Crippen LogP contribution is 2.29. The number of aromatic nitrogens is 2. The Morgan fingerprint density at radius 1 is 1.33 bits per heavy atom. The van der Waals surface area contributed by atoms with Crippen LogP contribution < -0.4 is 5.32 Å². The van der Waals surface area contributed by atoms with Crippen LogP contribution in [0.15, 0.2) is 42.6 Å². The fraction of sp³-hybridized carbons (Fsp3) is 0.250. The quantitative estimate of drug-likeness (QED) is 0.644. The molecule has 0 aliphatic carbocycles. The second kappa shape index (κ2) is 4.14. The molecule has 6 heteroatoms. The zero-order valence-electron chi connectivity index (χ0n) is 9.56. The number of nitrogens with one attached hydrogen (secondary N) is 1. The smallest absolute Gasteiger partial charge is 0.256 e. The van der Waals surface area contributed by atoms with E-state index in [9.17, 15) is 10.1 Å². The van der Waals surface area contributed by atoms with Crippen LogP contribution in [0, 0.1) is 10.1 Å². The molecule has 0 radical (unpaired) electrons. The van der Waals surface area contributed by atoms with Crippen LogP contribution in [0.4, 0.5) is 5.82 Å². The molecule has 0 saturated carbocycles. The van der Waals surface area contributed by atoms with Gasteiger partial charge in [0.05, 0.1) is 6.20 Å². The monoisotopic (exact) mass is 244 g/mol. The number of rotatable bonds is 2. The zero-order chi connectivity index (χ0) is 12.5. The van der Waals surface area contributed by atoms with Crippen LogP contribution in [-0.4, -0.2) is 20.7 Å². The fourth-order valence-electron chi connectivity index (χ4n) is 2.29. The highest BCUT2D eigenvalue weighted by molar-refractivity contribution is 5.41. The van der Waals surface area contributed by atoms with Crippen molar-refractivity contribution >= 4 is 5.82 Å². The molecule has 2 atom stereocenters. The van der Waals surface area contributed by atoms with Gasteiger partial charge in [-0.05, 0) is 5.56 Å². The van der Waals surface area contributed by atoms with Gasteiger partial charge in [0, 0.05) is 11.0 Å². The molecule has 1 aliphatic rings. The van der Waals surface area contributed by atoms with Gasteiger partial charge in [-0.1, -0.05) is 30.3 Å². The van der Waals surface area contributed by atoms with Gasteiger partial charge in [0.25, 0.3) is 6.04 Å². The van der Waals surface area contributed by atoms with Gasteiger partial charge in [0.1, 0.15) is 18.4 Å². The predicted octanol–water partition coefficient (Wildman–Crippen LogP) is 1.70. The number of hydrogen-bond acceptors (Lipinski definition) is 4. The van der Waals surface area contributed by atoms with E-state index in [1.807, 2.05) is 36.4 Å². The molecule has 0 bridgehead atoms. The van der Waals surface area contributed by atoms with Crippen LogP contribution >= 0.6 is 0 Å². The number of benzene rings is 1. The van der Waals surface area contributed by atoms with Gasteiger partial charge < -0.3 is 5.32 Å². The minimum atomic E-state index is -0.709. The highest BCUT2D eigenvalue weighted by atomic mass is 16.6. The van der Waals surface area contributed by atoms with Crippen molar-refractivity contribution in [3.05, 3.63) is 58.3 Å². The van der Waals surface area contributed by atoms with Crippen molar-refractivity contribution in [2.75, 3.05) is 5.32 Å². The molecular weight excluding hydrogens is 232 g/mol. The molecule has 1 aromatic carbocycles. The average Bonchev–Trinajstić information content (AvgIpc) is 2.85. The Hall–Kier alpha value is -2.37. The maximum Gasteiger partial charge on any atom is 0.256 e. The van der Waals surface area contributed by atoms with Crippen molar-refractivity contribution in [2.45, 2.75) is 18.6 Å². The van der Waals surface area contributed by atoms with Gasteiger partial charge in [-0.25, -0.2) is 4.68 Å². The molecule has 0 spiro atoms. The van der Waals surface area contributed by atoms with E-state index < -0.39 is 6.04 Å². The van der Waals surface area contributed by atoms with E-state index in [0.29, 0.717) is 6.54 Å². The first-order chi connectivity index (χ1) is 8.75. The lowest BCUT2D eigenvalue weighted by Gasteiger charge is -2.28. The highest BCUT2D eigenvalue weighted by Gasteiger charge is 2.37. The lowest BCUT2D eigenvalue weighted by Crippen LogP contribution is -2.40. The summed E-state index contributed by atoms with van der Waals surface area (Å²) >= 11 is 0. The molecule has 0 saturated heterocycles. The summed E-state index contributed by atoms with van der Waals surface area (Å²) in [5.74, 6) is 0.821. The van der Waals surface area contributed by atoms with Crippen LogP contribution in [-0.2, 0) is 6.54 Å². The summed E-state index contributed by atoms with van der Waals surface area (Å²) in [6.07, 6.45) is 1.65. The third-order valence-corrected chi connectivity index (χ3v) is 3.19. The Bertz CT molecular complexity index is 566. The summed E-state index contributed by atoms with van der Waals surface area (Å²) in [4.78, 5) is 11.0. The van der Waals surface area contributed by atoms with E-state index in [2.05, 4.69) is 10.4 Å². The van der Waals surface area contributed by atoms with Crippen LogP contribution in [0.2, 0.25) is 0 Å². The molecule has 2 aromatic rings. The van der Waals surface area contributed by atoms with Crippen molar-refractivity contribution in [1.29, 1.82) is 0 Å². The first-order valence-electron chi connectivity index (χ1n) is 5.72.